The van der Waals surface area contributed by atoms with E-state index in [2.05, 4.69) is 5.32 Å². The fraction of sp³-hybridized carbons (Fsp3) is 0.267. The van der Waals surface area contributed by atoms with Crippen LogP contribution in [0.4, 0.5) is 0 Å². The average Bonchev–Trinajstić information content (AvgIpc) is 2.46. The van der Waals surface area contributed by atoms with Crippen LogP contribution in [0.5, 0.6) is 5.75 Å². The van der Waals surface area contributed by atoms with E-state index < -0.39 is 11.9 Å². The van der Waals surface area contributed by atoms with Crippen molar-refractivity contribution in [3.05, 3.63) is 34.9 Å². The molecule has 1 amide bonds. The van der Waals surface area contributed by atoms with Gasteiger partial charge in [-0.3, -0.25) is 4.79 Å². The van der Waals surface area contributed by atoms with E-state index >= 15 is 0 Å². The van der Waals surface area contributed by atoms with Gasteiger partial charge in [0.1, 0.15) is 23.0 Å². The zero-order valence-electron chi connectivity index (χ0n) is 11.6. The number of carbonyl (C=O) groups is 2. The van der Waals surface area contributed by atoms with Crippen LogP contribution < -0.4 is 5.32 Å². The molecule has 0 aliphatic heterocycles. The fourth-order valence-corrected chi connectivity index (χ4v) is 1.60. The van der Waals surface area contributed by atoms with Crippen LogP contribution in [-0.2, 0) is 4.79 Å². The highest BCUT2D eigenvalue weighted by Crippen LogP contribution is 2.20. The van der Waals surface area contributed by atoms with Gasteiger partial charge < -0.3 is 15.5 Å². The Labute approximate surface area is 122 Å². The SMILES string of the molecule is CCCCNC(=O)C(C#N)=Cc1ccc(O)c(C(=O)O)c1. The van der Waals surface area contributed by atoms with Crippen LogP contribution in [0, 0.1) is 11.3 Å². The average molecular weight is 288 g/mol. The number of rotatable bonds is 6. The maximum absolute atomic E-state index is 11.8. The van der Waals surface area contributed by atoms with Crippen LogP contribution >= 0.6 is 0 Å². The van der Waals surface area contributed by atoms with Gasteiger partial charge in [-0.2, -0.15) is 5.26 Å². The third-order valence-corrected chi connectivity index (χ3v) is 2.74. The Bertz CT molecular complexity index is 615. The maximum Gasteiger partial charge on any atom is 0.339 e. The number of aromatic carboxylic acids is 1. The number of benzene rings is 1. The molecule has 0 fully saturated rings. The van der Waals surface area contributed by atoms with Gasteiger partial charge in [0.2, 0.25) is 0 Å². The highest BCUT2D eigenvalue weighted by atomic mass is 16.4. The molecule has 0 heterocycles. The third-order valence-electron chi connectivity index (χ3n) is 2.74. The Hall–Kier alpha value is -2.81. The molecule has 0 spiro atoms. The van der Waals surface area contributed by atoms with Gasteiger partial charge in [-0.15, -0.1) is 0 Å². The van der Waals surface area contributed by atoms with Crippen molar-refractivity contribution in [2.45, 2.75) is 19.8 Å². The van der Waals surface area contributed by atoms with Crippen LogP contribution in [0.15, 0.2) is 23.8 Å². The van der Waals surface area contributed by atoms with Crippen molar-refractivity contribution in [3.8, 4) is 11.8 Å². The quantitative estimate of drug-likeness (QED) is 0.421. The molecule has 0 saturated carbocycles. The smallest absolute Gasteiger partial charge is 0.339 e. The lowest BCUT2D eigenvalue weighted by Gasteiger charge is -2.04. The first-order valence-corrected chi connectivity index (χ1v) is 6.46. The number of carboxylic acids is 1. The number of amides is 1. The highest BCUT2D eigenvalue weighted by Gasteiger charge is 2.12. The molecule has 1 aromatic carbocycles. The largest absolute Gasteiger partial charge is 0.507 e. The predicted molar refractivity (Wildman–Crippen MR) is 76.6 cm³/mol. The molecular weight excluding hydrogens is 272 g/mol. The molecule has 21 heavy (non-hydrogen) atoms. The summed E-state index contributed by atoms with van der Waals surface area (Å²) in [7, 11) is 0. The lowest BCUT2D eigenvalue weighted by molar-refractivity contribution is -0.117. The van der Waals surface area contributed by atoms with Crippen molar-refractivity contribution < 1.29 is 19.8 Å². The molecule has 3 N–H and O–H groups in total. The Kier molecular flexibility index (Phi) is 5.96. The second-order valence-electron chi connectivity index (χ2n) is 4.36. The Morgan fingerprint density at radius 1 is 1.43 bits per heavy atom. The summed E-state index contributed by atoms with van der Waals surface area (Å²) in [6.45, 7) is 2.46. The minimum absolute atomic E-state index is 0.117. The van der Waals surface area contributed by atoms with Gasteiger partial charge in [-0.1, -0.05) is 19.4 Å². The zero-order valence-corrected chi connectivity index (χ0v) is 11.6. The summed E-state index contributed by atoms with van der Waals surface area (Å²) in [6.07, 6.45) is 3.02. The Balaban J connectivity index is 2.98. The van der Waals surface area contributed by atoms with Crippen molar-refractivity contribution in [2.75, 3.05) is 6.54 Å². The Morgan fingerprint density at radius 2 is 2.14 bits per heavy atom. The van der Waals surface area contributed by atoms with Gasteiger partial charge in [0.15, 0.2) is 0 Å². The monoisotopic (exact) mass is 288 g/mol. The summed E-state index contributed by atoms with van der Waals surface area (Å²) in [4.78, 5) is 22.7. The zero-order chi connectivity index (χ0) is 15.8. The van der Waals surface area contributed by atoms with Crippen molar-refractivity contribution in [3.63, 3.8) is 0 Å². The molecule has 6 nitrogen and oxygen atoms in total. The maximum atomic E-state index is 11.8. The number of nitrogens with zero attached hydrogens (tertiary/aromatic N) is 1. The lowest BCUT2D eigenvalue weighted by atomic mass is 10.1. The van der Waals surface area contributed by atoms with E-state index in [-0.39, 0.29) is 16.9 Å². The topological polar surface area (TPSA) is 110 Å². The van der Waals surface area contributed by atoms with E-state index in [1.165, 1.54) is 24.3 Å². The summed E-state index contributed by atoms with van der Waals surface area (Å²) >= 11 is 0. The summed E-state index contributed by atoms with van der Waals surface area (Å²) < 4.78 is 0. The minimum Gasteiger partial charge on any atom is -0.507 e. The molecule has 0 saturated heterocycles. The molecule has 0 aliphatic carbocycles. The Morgan fingerprint density at radius 3 is 2.71 bits per heavy atom. The van der Waals surface area contributed by atoms with Gasteiger partial charge in [0.05, 0.1) is 0 Å². The van der Waals surface area contributed by atoms with E-state index in [0.717, 1.165) is 12.8 Å². The standard InChI is InChI=1S/C15H16N2O4/c1-2-3-6-17-14(19)11(9-16)7-10-4-5-13(18)12(8-10)15(20)21/h4-5,7-8,18H,2-3,6H2,1H3,(H,17,19)(H,20,21). The normalized spacial score (nSPS) is 10.8. The van der Waals surface area contributed by atoms with Crippen LogP contribution in [0.25, 0.3) is 6.08 Å². The molecule has 1 rings (SSSR count). The number of unbranched alkanes of at least 4 members (excludes halogenated alkanes) is 1. The number of aromatic hydroxyl groups is 1. The molecule has 1 aromatic rings. The van der Waals surface area contributed by atoms with E-state index in [1.54, 1.807) is 6.07 Å². The van der Waals surface area contributed by atoms with E-state index in [0.29, 0.717) is 12.1 Å². The first-order valence-electron chi connectivity index (χ1n) is 6.46. The van der Waals surface area contributed by atoms with Gasteiger partial charge in [-0.05, 0) is 30.2 Å². The van der Waals surface area contributed by atoms with Gasteiger partial charge in [0.25, 0.3) is 5.91 Å². The molecule has 0 aliphatic rings. The summed E-state index contributed by atoms with van der Waals surface area (Å²) in [5, 5.41) is 29.9. The predicted octanol–water partition coefficient (Wildman–Crippen LogP) is 1.91. The third kappa shape index (κ3) is 4.66. The van der Waals surface area contributed by atoms with E-state index in [4.69, 9.17) is 10.4 Å². The molecular formula is C15H16N2O4. The molecule has 0 bridgehead atoms. The van der Waals surface area contributed by atoms with Gasteiger partial charge >= 0.3 is 5.97 Å². The summed E-state index contributed by atoms with van der Waals surface area (Å²) in [5.74, 6) is -2.16. The number of nitriles is 1. The van der Waals surface area contributed by atoms with Crippen molar-refractivity contribution >= 4 is 18.0 Å². The first-order chi connectivity index (χ1) is 9.99. The van der Waals surface area contributed by atoms with Crippen LogP contribution in [0.3, 0.4) is 0 Å². The molecule has 0 radical (unpaired) electrons. The first kappa shape index (κ1) is 16.2. The fourth-order valence-electron chi connectivity index (χ4n) is 1.60. The molecule has 0 atom stereocenters. The van der Waals surface area contributed by atoms with Crippen LogP contribution in [0.2, 0.25) is 0 Å². The van der Waals surface area contributed by atoms with Crippen LogP contribution in [0.1, 0.15) is 35.7 Å². The lowest BCUT2D eigenvalue weighted by Crippen LogP contribution is -2.25. The molecule has 6 heteroatoms. The van der Waals surface area contributed by atoms with Gasteiger partial charge in [0, 0.05) is 6.54 Å². The number of carbonyl (C=O) groups excluding carboxylic acids is 1. The molecule has 0 aromatic heterocycles. The van der Waals surface area contributed by atoms with E-state index in [1.807, 2.05) is 6.92 Å². The minimum atomic E-state index is -1.28. The second kappa shape index (κ2) is 7.70. The number of carboxylic acid groups (broad SMARTS) is 1. The van der Waals surface area contributed by atoms with Crippen molar-refractivity contribution in [2.24, 2.45) is 0 Å². The number of hydrogen-bond acceptors (Lipinski definition) is 4. The molecule has 110 valence electrons. The van der Waals surface area contributed by atoms with Gasteiger partial charge in [-0.25, -0.2) is 4.79 Å². The van der Waals surface area contributed by atoms with Crippen molar-refractivity contribution in [1.82, 2.24) is 5.32 Å². The second-order valence-corrected chi connectivity index (χ2v) is 4.36. The van der Waals surface area contributed by atoms with Crippen LogP contribution in [-0.4, -0.2) is 28.6 Å². The molecule has 0 unspecified atom stereocenters. The van der Waals surface area contributed by atoms with Crippen molar-refractivity contribution in [1.29, 1.82) is 5.26 Å². The number of nitrogens with one attached hydrogen (secondary N) is 1. The summed E-state index contributed by atoms with van der Waals surface area (Å²) in [5.41, 5.74) is -0.0482. The summed E-state index contributed by atoms with van der Waals surface area (Å²) in [6, 6.07) is 5.62. The number of hydrogen-bond donors (Lipinski definition) is 3. The number of phenols is 1. The highest BCUT2D eigenvalue weighted by molar-refractivity contribution is 6.02. The van der Waals surface area contributed by atoms with E-state index in [9.17, 15) is 14.7 Å².